The van der Waals surface area contributed by atoms with Crippen LogP contribution in [0.15, 0.2) is 64.1 Å². The summed E-state index contributed by atoms with van der Waals surface area (Å²) in [4.78, 5) is 29.6. The first-order valence-corrected chi connectivity index (χ1v) is 8.75. The van der Waals surface area contributed by atoms with Crippen molar-refractivity contribution < 1.29 is 14.3 Å². The Balaban J connectivity index is 2.05. The summed E-state index contributed by atoms with van der Waals surface area (Å²) in [5, 5.41) is 2.73. The minimum absolute atomic E-state index is 0.213. The Labute approximate surface area is 154 Å². The first-order chi connectivity index (χ1) is 12.1. The predicted molar refractivity (Wildman–Crippen MR) is 98.1 cm³/mol. The monoisotopic (exact) mass is 400 g/mol. The van der Waals surface area contributed by atoms with Crippen LogP contribution in [0.5, 0.6) is 0 Å². The van der Waals surface area contributed by atoms with Crippen LogP contribution in [-0.4, -0.2) is 24.3 Å². The fourth-order valence-electron chi connectivity index (χ4n) is 2.72. The van der Waals surface area contributed by atoms with Crippen LogP contribution in [-0.2, 0) is 14.3 Å². The first kappa shape index (κ1) is 17.4. The molecule has 0 saturated heterocycles. The van der Waals surface area contributed by atoms with Crippen molar-refractivity contribution in [3.05, 3.63) is 70.2 Å². The molecule has 1 aliphatic heterocycles. The smallest absolute Gasteiger partial charge is 0.321 e. The zero-order valence-electron chi connectivity index (χ0n) is 13.6. The molecular weight excluding hydrogens is 384 g/mol. The lowest BCUT2D eigenvalue weighted by atomic mass is 9.90. The minimum atomic E-state index is -1.01. The summed E-state index contributed by atoms with van der Waals surface area (Å²) in [6.07, 6.45) is 0. The van der Waals surface area contributed by atoms with Crippen LogP contribution < -0.4 is 5.32 Å². The molecule has 2 aromatic carbocycles. The van der Waals surface area contributed by atoms with Crippen LogP contribution in [0.25, 0.3) is 0 Å². The van der Waals surface area contributed by atoms with Gasteiger partial charge in [-0.15, -0.1) is 0 Å². The van der Waals surface area contributed by atoms with Crippen molar-refractivity contribution in [3.8, 4) is 0 Å². The second-order valence-electron chi connectivity index (χ2n) is 5.56. The van der Waals surface area contributed by atoms with Gasteiger partial charge in [0.1, 0.15) is 5.84 Å². The fourth-order valence-corrected chi connectivity index (χ4v) is 2.99. The van der Waals surface area contributed by atoms with E-state index in [1.54, 1.807) is 6.92 Å². The van der Waals surface area contributed by atoms with Crippen LogP contribution in [0, 0.1) is 5.92 Å². The molecule has 6 heteroatoms. The molecule has 25 heavy (non-hydrogen) atoms. The highest BCUT2D eigenvalue weighted by atomic mass is 79.9. The second-order valence-corrected chi connectivity index (χ2v) is 6.47. The molecule has 1 heterocycles. The van der Waals surface area contributed by atoms with E-state index in [9.17, 15) is 9.59 Å². The molecule has 2 atom stereocenters. The SMILES string of the molecule is CCOC(=O)[C@@H]1C(=O)NC(c2ccccc2)=N[C@@H]1c1ccc(Br)cc1. The molecule has 0 spiro atoms. The number of halogens is 1. The van der Waals surface area contributed by atoms with Gasteiger partial charge in [-0.05, 0) is 24.6 Å². The number of nitrogens with one attached hydrogen (secondary N) is 1. The van der Waals surface area contributed by atoms with Gasteiger partial charge < -0.3 is 10.1 Å². The normalized spacial score (nSPS) is 19.8. The van der Waals surface area contributed by atoms with Gasteiger partial charge in [0.15, 0.2) is 5.92 Å². The van der Waals surface area contributed by atoms with Crippen molar-refractivity contribution in [2.45, 2.75) is 13.0 Å². The van der Waals surface area contributed by atoms with E-state index < -0.39 is 23.8 Å². The van der Waals surface area contributed by atoms with Crippen LogP contribution >= 0.6 is 15.9 Å². The maximum atomic E-state index is 12.6. The molecule has 1 N–H and O–H groups in total. The third kappa shape index (κ3) is 3.79. The highest BCUT2D eigenvalue weighted by Gasteiger charge is 2.41. The molecule has 3 rings (SSSR count). The van der Waals surface area contributed by atoms with E-state index in [2.05, 4.69) is 26.2 Å². The predicted octanol–water partition coefficient (Wildman–Crippen LogP) is 3.25. The Kier molecular flexibility index (Phi) is 5.28. The highest BCUT2D eigenvalue weighted by molar-refractivity contribution is 9.10. The first-order valence-electron chi connectivity index (χ1n) is 7.96. The lowest BCUT2D eigenvalue weighted by Crippen LogP contribution is -2.47. The van der Waals surface area contributed by atoms with Crippen molar-refractivity contribution >= 4 is 33.6 Å². The van der Waals surface area contributed by atoms with Crippen LogP contribution in [0.1, 0.15) is 24.1 Å². The van der Waals surface area contributed by atoms with Gasteiger partial charge in [0.05, 0.1) is 12.6 Å². The molecule has 0 unspecified atom stereocenters. The van der Waals surface area contributed by atoms with Crippen molar-refractivity contribution in [2.75, 3.05) is 6.61 Å². The Morgan fingerprint density at radius 1 is 1.16 bits per heavy atom. The molecule has 0 saturated carbocycles. The van der Waals surface area contributed by atoms with E-state index in [0.29, 0.717) is 5.84 Å². The number of nitrogens with zero attached hydrogens (tertiary/aromatic N) is 1. The molecular formula is C19H17BrN2O3. The topological polar surface area (TPSA) is 67.8 Å². The average molecular weight is 401 g/mol. The maximum Gasteiger partial charge on any atom is 0.321 e. The maximum absolute atomic E-state index is 12.6. The second kappa shape index (κ2) is 7.61. The van der Waals surface area contributed by atoms with Crippen LogP contribution in [0.4, 0.5) is 0 Å². The average Bonchev–Trinajstić information content (AvgIpc) is 2.62. The van der Waals surface area contributed by atoms with E-state index in [1.807, 2.05) is 54.6 Å². The van der Waals surface area contributed by atoms with Gasteiger partial charge in [-0.3, -0.25) is 14.6 Å². The Hall–Kier alpha value is -2.47. The summed E-state index contributed by atoms with van der Waals surface area (Å²) >= 11 is 3.39. The lowest BCUT2D eigenvalue weighted by Gasteiger charge is -2.28. The van der Waals surface area contributed by atoms with E-state index in [-0.39, 0.29) is 6.61 Å². The van der Waals surface area contributed by atoms with Gasteiger partial charge in [0.2, 0.25) is 5.91 Å². The third-order valence-corrected chi connectivity index (χ3v) is 4.44. The van der Waals surface area contributed by atoms with Crippen LogP contribution in [0.3, 0.4) is 0 Å². The Morgan fingerprint density at radius 2 is 1.84 bits per heavy atom. The number of rotatable bonds is 4. The van der Waals surface area contributed by atoms with E-state index in [0.717, 1.165) is 15.6 Å². The number of benzene rings is 2. The Bertz CT molecular complexity index is 803. The van der Waals surface area contributed by atoms with Crippen molar-refractivity contribution in [3.63, 3.8) is 0 Å². The number of amides is 1. The number of hydrogen-bond acceptors (Lipinski definition) is 4. The quantitative estimate of drug-likeness (QED) is 0.632. The zero-order chi connectivity index (χ0) is 17.8. The molecule has 0 bridgehead atoms. The summed E-state index contributed by atoms with van der Waals surface area (Å²) in [5.74, 6) is -1.52. The van der Waals surface area contributed by atoms with Gasteiger partial charge in [0.25, 0.3) is 0 Å². The lowest BCUT2D eigenvalue weighted by molar-refractivity contribution is -0.153. The van der Waals surface area contributed by atoms with Crippen molar-refractivity contribution in [1.29, 1.82) is 0 Å². The highest BCUT2D eigenvalue weighted by Crippen LogP contribution is 2.32. The minimum Gasteiger partial charge on any atom is -0.465 e. The number of carbonyl (C=O) groups is 2. The fraction of sp³-hybridized carbons (Fsp3) is 0.211. The molecule has 0 radical (unpaired) electrons. The molecule has 5 nitrogen and oxygen atoms in total. The van der Waals surface area contributed by atoms with Crippen LogP contribution in [0.2, 0.25) is 0 Å². The number of amidine groups is 1. The van der Waals surface area contributed by atoms with Gasteiger partial charge in [-0.2, -0.15) is 0 Å². The van der Waals surface area contributed by atoms with Crippen molar-refractivity contribution in [2.24, 2.45) is 10.9 Å². The standard InChI is InChI=1S/C19H17BrN2O3/c1-2-25-19(24)15-16(12-8-10-14(20)11-9-12)21-17(22-18(15)23)13-6-4-3-5-7-13/h3-11,15-16H,2H2,1H3,(H,21,22,23)/t15-,16+/m0/s1. The van der Waals surface area contributed by atoms with Gasteiger partial charge in [-0.1, -0.05) is 58.4 Å². The number of ether oxygens (including phenoxy) is 1. The largest absolute Gasteiger partial charge is 0.465 e. The van der Waals surface area contributed by atoms with E-state index in [4.69, 9.17) is 4.74 Å². The summed E-state index contributed by atoms with van der Waals surface area (Å²) in [6, 6.07) is 16.2. The third-order valence-electron chi connectivity index (χ3n) is 3.91. The van der Waals surface area contributed by atoms with E-state index in [1.165, 1.54) is 0 Å². The van der Waals surface area contributed by atoms with Gasteiger partial charge in [-0.25, -0.2) is 0 Å². The number of aliphatic imine (C=N–C) groups is 1. The van der Waals surface area contributed by atoms with E-state index >= 15 is 0 Å². The summed E-state index contributed by atoms with van der Waals surface area (Å²) in [5.41, 5.74) is 1.57. The molecule has 0 fully saturated rings. The molecule has 128 valence electrons. The summed E-state index contributed by atoms with van der Waals surface area (Å²) < 4.78 is 6.00. The zero-order valence-corrected chi connectivity index (χ0v) is 15.2. The summed E-state index contributed by atoms with van der Waals surface area (Å²) in [7, 11) is 0. The summed E-state index contributed by atoms with van der Waals surface area (Å²) in [6.45, 7) is 1.93. The van der Waals surface area contributed by atoms with Gasteiger partial charge >= 0.3 is 5.97 Å². The molecule has 0 aromatic heterocycles. The molecule has 1 aliphatic rings. The number of esters is 1. The van der Waals surface area contributed by atoms with Gasteiger partial charge in [0, 0.05) is 10.0 Å². The Morgan fingerprint density at radius 3 is 2.48 bits per heavy atom. The molecule has 0 aliphatic carbocycles. The number of hydrogen-bond donors (Lipinski definition) is 1. The molecule has 2 aromatic rings. The molecule has 1 amide bonds. The number of carbonyl (C=O) groups excluding carboxylic acids is 2. The van der Waals surface area contributed by atoms with Crippen molar-refractivity contribution in [1.82, 2.24) is 5.32 Å².